The van der Waals surface area contributed by atoms with E-state index < -0.39 is 5.97 Å². The second-order valence-electron chi connectivity index (χ2n) is 6.17. The van der Waals surface area contributed by atoms with Crippen LogP contribution in [0.15, 0.2) is 24.3 Å². The van der Waals surface area contributed by atoms with E-state index in [1.54, 1.807) is 19.2 Å². The molecule has 0 bridgehead atoms. The van der Waals surface area contributed by atoms with Gasteiger partial charge in [-0.1, -0.05) is 26.8 Å². The zero-order valence-electron chi connectivity index (χ0n) is 12.7. The van der Waals surface area contributed by atoms with Crippen LogP contribution in [0.3, 0.4) is 0 Å². The summed E-state index contributed by atoms with van der Waals surface area (Å²) in [5.41, 5.74) is 0.325. The number of methoxy groups -OCH3 is 1. The van der Waals surface area contributed by atoms with Gasteiger partial charge in [0.25, 0.3) is 5.91 Å². The number of rotatable bonds is 4. The van der Waals surface area contributed by atoms with Gasteiger partial charge in [-0.2, -0.15) is 0 Å². The van der Waals surface area contributed by atoms with Gasteiger partial charge >= 0.3 is 5.97 Å². The smallest absolute Gasteiger partial charge is 0.335 e. The van der Waals surface area contributed by atoms with Crippen molar-refractivity contribution in [3.8, 4) is 0 Å². The molecule has 0 radical (unpaired) electrons. The van der Waals surface area contributed by atoms with Crippen LogP contribution in [0.1, 0.15) is 41.5 Å². The predicted molar refractivity (Wildman–Crippen MR) is 78.4 cm³/mol. The zero-order chi connectivity index (χ0) is 15.8. The number of ether oxygens (including phenoxy) is 1. The number of carboxylic acids is 1. The number of hydrogen-bond acceptors (Lipinski definition) is 3. The highest BCUT2D eigenvalue weighted by atomic mass is 16.5. The minimum Gasteiger partial charge on any atom is -0.478 e. The summed E-state index contributed by atoms with van der Waals surface area (Å²) in [6.45, 7) is 6.15. The van der Waals surface area contributed by atoms with E-state index in [1.165, 1.54) is 12.1 Å². The first kappa shape index (κ1) is 15.5. The molecule has 0 spiro atoms. The molecule has 0 heterocycles. The number of carbonyl (C=O) groups is 2. The lowest BCUT2D eigenvalue weighted by Gasteiger charge is -2.56. The molecule has 5 nitrogen and oxygen atoms in total. The van der Waals surface area contributed by atoms with Crippen molar-refractivity contribution in [2.75, 3.05) is 7.11 Å². The lowest BCUT2D eigenvalue weighted by Crippen LogP contribution is -2.67. The van der Waals surface area contributed by atoms with Gasteiger partial charge in [0.1, 0.15) is 0 Å². The van der Waals surface area contributed by atoms with Crippen molar-refractivity contribution in [2.45, 2.75) is 32.9 Å². The second-order valence-corrected chi connectivity index (χ2v) is 6.17. The van der Waals surface area contributed by atoms with Gasteiger partial charge in [0.15, 0.2) is 0 Å². The van der Waals surface area contributed by atoms with Crippen LogP contribution in [-0.2, 0) is 4.74 Å². The number of carbonyl (C=O) groups excluding carboxylic acids is 1. The fourth-order valence-corrected chi connectivity index (χ4v) is 3.44. The van der Waals surface area contributed by atoms with E-state index in [-0.39, 0.29) is 34.9 Å². The van der Waals surface area contributed by atoms with Crippen LogP contribution >= 0.6 is 0 Å². The normalized spacial score (nSPS) is 26.8. The number of hydrogen-bond donors (Lipinski definition) is 2. The Morgan fingerprint density at radius 1 is 1.29 bits per heavy atom. The third kappa shape index (κ3) is 2.65. The lowest BCUT2D eigenvalue weighted by molar-refractivity contribution is -0.141. The molecule has 0 saturated heterocycles. The van der Waals surface area contributed by atoms with E-state index in [1.807, 2.05) is 6.92 Å². The quantitative estimate of drug-likeness (QED) is 0.891. The van der Waals surface area contributed by atoms with Crippen molar-refractivity contribution < 1.29 is 19.4 Å². The maximum atomic E-state index is 12.3. The Balaban J connectivity index is 2.12. The molecule has 2 rings (SSSR count). The van der Waals surface area contributed by atoms with Crippen molar-refractivity contribution in [2.24, 2.45) is 11.3 Å². The molecule has 21 heavy (non-hydrogen) atoms. The van der Waals surface area contributed by atoms with E-state index in [9.17, 15) is 9.59 Å². The summed E-state index contributed by atoms with van der Waals surface area (Å²) in [4.78, 5) is 23.3. The molecule has 114 valence electrons. The molecular formula is C16H21NO4. The molecule has 0 aromatic heterocycles. The molecule has 1 aliphatic rings. The van der Waals surface area contributed by atoms with Crippen molar-refractivity contribution >= 4 is 11.9 Å². The summed E-state index contributed by atoms with van der Waals surface area (Å²) < 4.78 is 5.45. The topological polar surface area (TPSA) is 75.6 Å². The van der Waals surface area contributed by atoms with Crippen LogP contribution in [0, 0.1) is 11.3 Å². The van der Waals surface area contributed by atoms with Gasteiger partial charge in [0, 0.05) is 30.0 Å². The van der Waals surface area contributed by atoms with Crippen molar-refractivity contribution in [3.63, 3.8) is 0 Å². The Morgan fingerprint density at radius 2 is 1.90 bits per heavy atom. The number of aromatic carboxylic acids is 1. The highest BCUT2D eigenvalue weighted by molar-refractivity contribution is 5.97. The first-order valence-corrected chi connectivity index (χ1v) is 6.96. The van der Waals surface area contributed by atoms with Gasteiger partial charge in [-0.15, -0.1) is 0 Å². The minimum absolute atomic E-state index is 0.00318. The Bertz CT molecular complexity index is 567. The van der Waals surface area contributed by atoms with Crippen LogP contribution in [0.25, 0.3) is 0 Å². The summed E-state index contributed by atoms with van der Waals surface area (Å²) in [6.07, 6.45) is 0.105. The molecule has 1 aromatic rings. The molecule has 1 aliphatic carbocycles. The van der Waals surface area contributed by atoms with Crippen molar-refractivity contribution in [1.29, 1.82) is 0 Å². The molecule has 1 fully saturated rings. The largest absolute Gasteiger partial charge is 0.478 e. The third-order valence-corrected chi connectivity index (χ3v) is 4.45. The fraction of sp³-hybridized carbons (Fsp3) is 0.500. The first-order valence-electron chi connectivity index (χ1n) is 6.96. The summed E-state index contributed by atoms with van der Waals surface area (Å²) >= 11 is 0. The van der Waals surface area contributed by atoms with Crippen molar-refractivity contribution in [3.05, 3.63) is 35.4 Å². The number of carboxylic acid groups (broad SMARTS) is 1. The summed E-state index contributed by atoms with van der Waals surface area (Å²) in [5, 5.41) is 12.0. The highest BCUT2D eigenvalue weighted by Gasteiger charge is 2.55. The summed E-state index contributed by atoms with van der Waals surface area (Å²) in [5.74, 6) is -1.07. The Kier molecular flexibility index (Phi) is 4.05. The van der Waals surface area contributed by atoms with Crippen LogP contribution < -0.4 is 5.32 Å². The molecule has 0 unspecified atom stereocenters. The highest BCUT2D eigenvalue weighted by Crippen LogP contribution is 2.46. The van der Waals surface area contributed by atoms with Gasteiger partial charge in [0.2, 0.25) is 0 Å². The molecule has 1 amide bonds. The van der Waals surface area contributed by atoms with Gasteiger partial charge < -0.3 is 15.2 Å². The summed E-state index contributed by atoms with van der Waals surface area (Å²) in [6, 6.07) is 6.05. The standard InChI is InChI=1S/C16H21NO4/c1-9-12(16(2,3)13(9)21-4)17-14(18)10-6-5-7-11(8-10)15(19)20/h5-9,12-13H,1-4H3,(H,17,18)(H,19,20)/t9-,12+,13-/m1/s1. The van der Waals surface area contributed by atoms with E-state index >= 15 is 0 Å². The molecular weight excluding hydrogens is 270 g/mol. The molecule has 5 heteroatoms. The van der Waals surface area contributed by atoms with E-state index in [4.69, 9.17) is 9.84 Å². The predicted octanol–water partition coefficient (Wildman–Crippen LogP) is 2.17. The number of amides is 1. The van der Waals surface area contributed by atoms with Gasteiger partial charge in [0.05, 0.1) is 11.7 Å². The van der Waals surface area contributed by atoms with E-state index in [2.05, 4.69) is 19.2 Å². The second kappa shape index (κ2) is 5.48. The zero-order valence-corrected chi connectivity index (χ0v) is 12.7. The number of benzene rings is 1. The average molecular weight is 291 g/mol. The van der Waals surface area contributed by atoms with E-state index in [0.29, 0.717) is 5.56 Å². The van der Waals surface area contributed by atoms with Crippen molar-refractivity contribution in [1.82, 2.24) is 5.32 Å². The SMILES string of the molecule is CO[C@@H]1[C@H](C)[C@H](NC(=O)c2cccc(C(=O)O)c2)C1(C)C. The van der Waals surface area contributed by atoms with Gasteiger partial charge in [-0.3, -0.25) is 4.79 Å². The van der Waals surface area contributed by atoms with Crippen LogP contribution in [0.2, 0.25) is 0 Å². The molecule has 3 atom stereocenters. The van der Waals surface area contributed by atoms with Gasteiger partial charge in [-0.05, 0) is 18.2 Å². The maximum absolute atomic E-state index is 12.3. The fourth-order valence-electron chi connectivity index (χ4n) is 3.44. The van der Waals surface area contributed by atoms with Crippen LogP contribution in [0.4, 0.5) is 0 Å². The maximum Gasteiger partial charge on any atom is 0.335 e. The Hall–Kier alpha value is -1.88. The molecule has 1 aromatic carbocycles. The first-order chi connectivity index (χ1) is 9.78. The molecule has 0 aliphatic heterocycles. The summed E-state index contributed by atoms with van der Waals surface area (Å²) in [7, 11) is 1.68. The average Bonchev–Trinajstić information content (AvgIpc) is 2.44. The number of nitrogens with one attached hydrogen (secondary N) is 1. The van der Waals surface area contributed by atoms with E-state index in [0.717, 1.165) is 0 Å². The Labute approximate surface area is 124 Å². The minimum atomic E-state index is -1.04. The molecule has 1 saturated carbocycles. The van der Waals surface area contributed by atoms with Crippen LogP contribution in [0.5, 0.6) is 0 Å². The monoisotopic (exact) mass is 291 g/mol. The Morgan fingerprint density at radius 3 is 2.43 bits per heavy atom. The third-order valence-electron chi connectivity index (χ3n) is 4.45. The molecule has 2 N–H and O–H groups in total. The lowest BCUT2D eigenvalue weighted by atomic mass is 9.58. The van der Waals surface area contributed by atoms with Crippen LogP contribution in [-0.4, -0.2) is 36.2 Å². The van der Waals surface area contributed by atoms with Gasteiger partial charge in [-0.25, -0.2) is 4.79 Å².